The molecule has 0 heterocycles. The van der Waals surface area contributed by atoms with Crippen LogP contribution in [0, 0.1) is 5.92 Å². The third-order valence-corrected chi connectivity index (χ3v) is 4.26. The van der Waals surface area contributed by atoms with Crippen LogP contribution in [0.2, 0.25) is 0 Å². The van der Waals surface area contributed by atoms with Crippen LogP contribution in [0.15, 0.2) is 36.6 Å². The highest BCUT2D eigenvalue weighted by molar-refractivity contribution is 5.92. The van der Waals surface area contributed by atoms with Crippen molar-refractivity contribution in [3.05, 3.63) is 36.6 Å². The van der Waals surface area contributed by atoms with E-state index < -0.39 is 24.0 Å². The molecule has 0 aliphatic carbocycles. The van der Waals surface area contributed by atoms with Crippen molar-refractivity contribution in [2.45, 2.75) is 65.4 Å². The Morgan fingerprint density at radius 1 is 1.04 bits per heavy atom. The number of rotatable bonds is 13. The van der Waals surface area contributed by atoms with Gasteiger partial charge < -0.3 is 14.2 Å². The number of unbranched alkanes of at least 4 members (excludes halogenated alkanes) is 1. The minimum Gasteiger partial charge on any atom is -0.465 e. The van der Waals surface area contributed by atoms with Crippen molar-refractivity contribution in [3.8, 4) is 0 Å². The van der Waals surface area contributed by atoms with Crippen molar-refractivity contribution >= 4 is 17.9 Å². The van der Waals surface area contributed by atoms with E-state index in [1.54, 1.807) is 6.92 Å². The average Bonchev–Trinajstić information content (AvgIpc) is 2.69. The van der Waals surface area contributed by atoms with Crippen molar-refractivity contribution in [1.29, 1.82) is 0 Å². The maximum Gasteiger partial charge on any atom is 0.340 e. The van der Waals surface area contributed by atoms with E-state index >= 15 is 0 Å². The van der Waals surface area contributed by atoms with Gasteiger partial charge in [0, 0.05) is 18.6 Å². The predicted octanol–water partition coefficient (Wildman–Crippen LogP) is 4.26. The topological polar surface area (TPSA) is 78.9 Å². The van der Waals surface area contributed by atoms with Gasteiger partial charge in [-0.2, -0.15) is 0 Å². The second kappa shape index (κ2) is 13.8. The Morgan fingerprint density at radius 2 is 1.67 bits per heavy atom. The van der Waals surface area contributed by atoms with Crippen LogP contribution in [0.5, 0.6) is 0 Å². The lowest BCUT2D eigenvalue weighted by Crippen LogP contribution is -2.29. The van der Waals surface area contributed by atoms with Crippen molar-refractivity contribution in [2.24, 2.45) is 5.92 Å². The highest BCUT2D eigenvalue weighted by atomic mass is 16.6. The minimum absolute atomic E-state index is 0.0420. The largest absolute Gasteiger partial charge is 0.465 e. The van der Waals surface area contributed by atoms with Gasteiger partial charge >= 0.3 is 17.9 Å². The van der Waals surface area contributed by atoms with Crippen LogP contribution in [-0.4, -0.2) is 31.1 Å². The number of allylic oxidation sites excluding steroid dienone is 1. The monoisotopic (exact) mass is 380 g/mol. The van der Waals surface area contributed by atoms with E-state index in [1.165, 1.54) is 7.11 Å². The third kappa shape index (κ3) is 8.71. The Bertz CT molecular complexity index is 561. The number of carbonyl (C=O) groups is 3. The van der Waals surface area contributed by atoms with Gasteiger partial charge in [0.25, 0.3) is 0 Å². The molecule has 0 spiro atoms. The number of hydrogen-bond acceptors (Lipinski definition) is 6. The van der Waals surface area contributed by atoms with E-state index in [0.29, 0.717) is 6.42 Å². The Hall–Kier alpha value is -2.37. The van der Waals surface area contributed by atoms with Crippen LogP contribution in [-0.2, 0) is 28.6 Å². The summed E-state index contributed by atoms with van der Waals surface area (Å²) in [7, 11) is 1.23. The quantitative estimate of drug-likeness (QED) is 0.206. The summed E-state index contributed by atoms with van der Waals surface area (Å²) in [5.74, 6) is -1.70. The van der Waals surface area contributed by atoms with Crippen LogP contribution >= 0.6 is 0 Å². The summed E-state index contributed by atoms with van der Waals surface area (Å²) < 4.78 is 15.6. The first-order valence-electron chi connectivity index (χ1n) is 9.36. The maximum absolute atomic E-state index is 12.5. The second-order valence-electron chi connectivity index (χ2n) is 6.09. The van der Waals surface area contributed by atoms with Crippen molar-refractivity contribution < 1.29 is 28.6 Å². The Kier molecular flexibility index (Phi) is 12.6. The summed E-state index contributed by atoms with van der Waals surface area (Å²) >= 11 is 0. The smallest absolute Gasteiger partial charge is 0.340 e. The molecule has 0 N–H and O–H groups in total. The fraction of sp³-hybridized carbons (Fsp3) is 0.571. The summed E-state index contributed by atoms with van der Waals surface area (Å²) in [6.07, 6.45) is 5.71. The molecule has 0 aromatic heterocycles. The number of carbonyl (C=O) groups excluding carboxylic acids is 3. The van der Waals surface area contributed by atoms with E-state index in [0.717, 1.165) is 37.8 Å². The van der Waals surface area contributed by atoms with Crippen LogP contribution in [0.3, 0.4) is 0 Å². The van der Waals surface area contributed by atoms with E-state index in [1.807, 2.05) is 6.92 Å². The molecule has 0 rings (SSSR count). The predicted molar refractivity (Wildman–Crippen MR) is 104 cm³/mol. The summed E-state index contributed by atoms with van der Waals surface area (Å²) in [5.41, 5.74) is 0.0420. The highest BCUT2D eigenvalue weighted by Gasteiger charge is 2.31. The normalized spacial score (nSPS) is 13.6. The molecule has 0 fully saturated rings. The first-order valence-corrected chi connectivity index (χ1v) is 9.36. The van der Waals surface area contributed by atoms with Crippen molar-refractivity contribution in [3.63, 3.8) is 0 Å². The molecule has 0 saturated heterocycles. The molecule has 6 nitrogen and oxygen atoms in total. The van der Waals surface area contributed by atoms with Gasteiger partial charge in [0.2, 0.25) is 0 Å². The zero-order valence-corrected chi connectivity index (χ0v) is 16.9. The molecule has 2 atom stereocenters. The zero-order chi connectivity index (χ0) is 20.8. The molecule has 0 aromatic rings. The number of ether oxygens (including phenoxy) is 3. The van der Waals surface area contributed by atoms with Crippen LogP contribution in [0.25, 0.3) is 0 Å². The van der Waals surface area contributed by atoms with Crippen LogP contribution < -0.4 is 0 Å². The van der Waals surface area contributed by atoms with Gasteiger partial charge in [0.05, 0.1) is 7.11 Å². The summed E-state index contributed by atoms with van der Waals surface area (Å²) in [4.78, 5) is 36.0. The van der Waals surface area contributed by atoms with E-state index in [4.69, 9.17) is 14.2 Å². The van der Waals surface area contributed by atoms with Gasteiger partial charge in [-0.25, -0.2) is 14.4 Å². The van der Waals surface area contributed by atoms with E-state index in [-0.39, 0.29) is 23.7 Å². The van der Waals surface area contributed by atoms with Gasteiger partial charge in [0.1, 0.15) is 17.4 Å². The fourth-order valence-electron chi connectivity index (χ4n) is 2.71. The lowest BCUT2D eigenvalue weighted by molar-refractivity contribution is -0.145. The fourth-order valence-corrected chi connectivity index (χ4v) is 2.71. The summed E-state index contributed by atoms with van der Waals surface area (Å²) in [5, 5.41) is 0. The number of hydrogen-bond donors (Lipinski definition) is 0. The molecule has 0 aliphatic rings. The third-order valence-electron chi connectivity index (χ3n) is 4.26. The van der Waals surface area contributed by atoms with Crippen molar-refractivity contribution in [2.75, 3.05) is 7.11 Å². The molecular formula is C21H32O6. The maximum atomic E-state index is 12.5. The van der Waals surface area contributed by atoms with E-state index in [9.17, 15) is 14.4 Å². The average molecular weight is 380 g/mol. The molecule has 0 saturated carbocycles. The molecule has 0 radical (unpaired) electrons. The number of methoxy groups -OCH3 is 1. The summed E-state index contributed by atoms with van der Waals surface area (Å²) in [6, 6.07) is 0. The standard InChI is InChI=1S/C21H32O6/c1-7-12-13-15(8-2)14-17(27-19(23)11-5)20(21(24)25-6)16(9-3)26-18(22)10-4/h10-11,15,17H,4-5,7-9,12-14H2,1-3,6H3/b20-16-. The first-order chi connectivity index (χ1) is 12.9. The molecule has 152 valence electrons. The highest BCUT2D eigenvalue weighted by Crippen LogP contribution is 2.28. The van der Waals surface area contributed by atoms with Gasteiger partial charge in [-0.15, -0.1) is 0 Å². The first kappa shape index (κ1) is 24.6. The Morgan fingerprint density at radius 3 is 2.11 bits per heavy atom. The van der Waals surface area contributed by atoms with Crippen LogP contribution in [0.4, 0.5) is 0 Å². The Labute approximate surface area is 162 Å². The van der Waals surface area contributed by atoms with Gasteiger partial charge in [-0.1, -0.05) is 59.6 Å². The van der Waals surface area contributed by atoms with Gasteiger partial charge in [0.15, 0.2) is 0 Å². The minimum atomic E-state index is -0.891. The van der Waals surface area contributed by atoms with Crippen molar-refractivity contribution in [1.82, 2.24) is 0 Å². The van der Waals surface area contributed by atoms with Gasteiger partial charge in [-0.05, 0) is 12.3 Å². The Balaban J connectivity index is 6.04. The second-order valence-corrected chi connectivity index (χ2v) is 6.09. The van der Waals surface area contributed by atoms with E-state index in [2.05, 4.69) is 20.1 Å². The molecule has 0 amide bonds. The molecule has 0 bridgehead atoms. The lowest BCUT2D eigenvalue weighted by Gasteiger charge is -2.25. The molecule has 2 unspecified atom stereocenters. The zero-order valence-electron chi connectivity index (χ0n) is 16.9. The molecule has 0 aliphatic heterocycles. The number of esters is 3. The molecule has 6 heteroatoms. The molecule has 27 heavy (non-hydrogen) atoms. The lowest BCUT2D eigenvalue weighted by atomic mass is 9.89. The van der Waals surface area contributed by atoms with Gasteiger partial charge in [-0.3, -0.25) is 0 Å². The summed E-state index contributed by atoms with van der Waals surface area (Å²) in [6.45, 7) is 12.7. The molecule has 0 aromatic carbocycles. The van der Waals surface area contributed by atoms with Crippen LogP contribution in [0.1, 0.15) is 59.3 Å². The molecular weight excluding hydrogens is 348 g/mol. The SMILES string of the molecule is C=CC(=O)O/C(CC)=C(\C(=O)OC)C(CC(CC)CCCC)OC(=O)C=C.